The lowest BCUT2D eigenvalue weighted by Gasteiger charge is -2.43. The van der Waals surface area contributed by atoms with Crippen molar-refractivity contribution in [3.63, 3.8) is 0 Å². The van der Waals surface area contributed by atoms with E-state index in [9.17, 15) is 0 Å². The molecule has 0 saturated carbocycles. The van der Waals surface area contributed by atoms with E-state index in [2.05, 4.69) is 6.92 Å². The molecule has 102 valence electrons. The smallest absolute Gasteiger partial charge is 0.186 e. The molecule has 0 bridgehead atoms. The van der Waals surface area contributed by atoms with E-state index in [1.807, 2.05) is 6.92 Å². The summed E-state index contributed by atoms with van der Waals surface area (Å²) in [6.07, 6.45) is -0.123. The summed E-state index contributed by atoms with van der Waals surface area (Å²) < 4.78 is 27.7. The van der Waals surface area contributed by atoms with Crippen molar-refractivity contribution in [3.05, 3.63) is 0 Å². The Morgan fingerprint density at radius 1 is 0.941 bits per heavy atom. The lowest BCUT2D eigenvalue weighted by molar-refractivity contribution is -0.302. The quantitative estimate of drug-likeness (QED) is 0.707. The van der Waals surface area contributed by atoms with Crippen LogP contribution in [0.15, 0.2) is 0 Å². The molecule has 1 heterocycles. The van der Waals surface area contributed by atoms with Crippen LogP contribution in [0.2, 0.25) is 0 Å². The first kappa shape index (κ1) is 14.9. The molecule has 5 nitrogen and oxygen atoms in total. The second-order valence-corrected chi connectivity index (χ2v) is 4.18. The van der Waals surface area contributed by atoms with Gasteiger partial charge in [-0.15, -0.1) is 0 Å². The number of ether oxygens (including phenoxy) is 5. The zero-order valence-electron chi connectivity index (χ0n) is 11.3. The molecule has 0 aliphatic carbocycles. The summed E-state index contributed by atoms with van der Waals surface area (Å²) in [5.74, 6) is 0. The maximum absolute atomic E-state index is 5.83. The zero-order chi connectivity index (χ0) is 12.8. The molecule has 0 radical (unpaired) electrons. The Hall–Kier alpha value is -0.200. The minimum absolute atomic E-state index is 0.0850. The van der Waals surface area contributed by atoms with Crippen molar-refractivity contribution in [2.75, 3.05) is 27.9 Å². The molecule has 0 spiro atoms. The number of hydrogen-bond acceptors (Lipinski definition) is 5. The monoisotopic (exact) mass is 248 g/mol. The molecule has 0 amide bonds. The van der Waals surface area contributed by atoms with Crippen LogP contribution >= 0.6 is 0 Å². The Bertz CT molecular complexity index is 211. The Morgan fingerprint density at radius 3 is 2.06 bits per heavy atom. The third-order valence-electron chi connectivity index (χ3n) is 3.02. The van der Waals surface area contributed by atoms with Crippen molar-refractivity contribution in [2.24, 2.45) is 0 Å². The minimum Gasteiger partial charge on any atom is -0.376 e. The first-order chi connectivity index (χ1) is 8.19. The van der Waals surface area contributed by atoms with Gasteiger partial charge in [0.25, 0.3) is 0 Å². The topological polar surface area (TPSA) is 46.2 Å². The van der Waals surface area contributed by atoms with Gasteiger partial charge in [-0.25, -0.2) is 0 Å². The molecule has 1 saturated heterocycles. The van der Waals surface area contributed by atoms with Crippen molar-refractivity contribution in [1.82, 2.24) is 0 Å². The molecule has 1 aliphatic heterocycles. The Kier molecular flexibility index (Phi) is 6.37. The second-order valence-electron chi connectivity index (χ2n) is 4.18. The van der Waals surface area contributed by atoms with Crippen LogP contribution in [0.4, 0.5) is 0 Å². The van der Waals surface area contributed by atoms with Crippen LogP contribution in [0.25, 0.3) is 0 Å². The highest BCUT2D eigenvalue weighted by Crippen LogP contribution is 2.27. The van der Waals surface area contributed by atoms with Crippen molar-refractivity contribution in [3.8, 4) is 0 Å². The highest BCUT2D eigenvalue weighted by molar-refractivity contribution is 4.90. The maximum atomic E-state index is 5.83. The first-order valence-corrected chi connectivity index (χ1v) is 6.05. The van der Waals surface area contributed by atoms with Gasteiger partial charge in [0.2, 0.25) is 0 Å². The Labute approximate surface area is 103 Å². The summed E-state index contributed by atoms with van der Waals surface area (Å²) in [7, 11) is 4.89. The van der Waals surface area contributed by atoms with E-state index in [1.54, 1.807) is 21.3 Å². The molecule has 0 N–H and O–H groups in total. The van der Waals surface area contributed by atoms with Gasteiger partial charge >= 0.3 is 0 Å². The van der Waals surface area contributed by atoms with Crippen LogP contribution < -0.4 is 0 Å². The number of methoxy groups -OCH3 is 3. The molecule has 0 unspecified atom stereocenters. The molecule has 5 heteroatoms. The van der Waals surface area contributed by atoms with E-state index >= 15 is 0 Å². The van der Waals surface area contributed by atoms with Gasteiger partial charge in [-0.1, -0.05) is 6.92 Å². The summed E-state index contributed by atoms with van der Waals surface area (Å²) in [6.45, 7) is 4.70. The molecular weight excluding hydrogens is 224 g/mol. The van der Waals surface area contributed by atoms with Gasteiger partial charge in [0, 0.05) is 27.9 Å². The molecule has 5 atom stereocenters. The molecule has 17 heavy (non-hydrogen) atoms. The van der Waals surface area contributed by atoms with Gasteiger partial charge < -0.3 is 23.7 Å². The minimum atomic E-state index is -0.414. The van der Waals surface area contributed by atoms with E-state index in [0.29, 0.717) is 6.61 Å². The van der Waals surface area contributed by atoms with E-state index in [4.69, 9.17) is 23.7 Å². The lowest BCUT2D eigenvalue weighted by Crippen LogP contribution is -2.59. The first-order valence-electron chi connectivity index (χ1n) is 6.05. The summed E-state index contributed by atoms with van der Waals surface area (Å²) >= 11 is 0. The van der Waals surface area contributed by atoms with E-state index < -0.39 is 6.29 Å². The summed E-state index contributed by atoms with van der Waals surface area (Å²) in [6, 6.07) is 0. The van der Waals surface area contributed by atoms with Crippen molar-refractivity contribution >= 4 is 0 Å². The molecular formula is C12H24O5. The van der Waals surface area contributed by atoms with Gasteiger partial charge in [-0.2, -0.15) is 0 Å². The lowest BCUT2D eigenvalue weighted by atomic mass is 9.99. The Balaban J connectivity index is 2.78. The predicted molar refractivity (Wildman–Crippen MR) is 63.0 cm³/mol. The van der Waals surface area contributed by atoms with Crippen LogP contribution in [-0.2, 0) is 23.7 Å². The van der Waals surface area contributed by atoms with Crippen LogP contribution in [0, 0.1) is 0 Å². The molecule has 0 aromatic rings. The van der Waals surface area contributed by atoms with Crippen molar-refractivity contribution in [1.29, 1.82) is 0 Å². The summed E-state index contributed by atoms with van der Waals surface area (Å²) in [4.78, 5) is 0. The normalized spacial score (nSPS) is 38.3. The average molecular weight is 248 g/mol. The fraction of sp³-hybridized carbons (Fsp3) is 1.00. The highest BCUT2D eigenvalue weighted by atomic mass is 16.7. The SMILES string of the molecule is CCCO[C@H]1[C@@H](OC)[C@H](OC)O[C@@H](C)[C@H]1OC. The Morgan fingerprint density at radius 2 is 1.59 bits per heavy atom. The van der Waals surface area contributed by atoms with Gasteiger partial charge in [-0.05, 0) is 13.3 Å². The fourth-order valence-corrected chi connectivity index (χ4v) is 2.18. The third kappa shape index (κ3) is 3.39. The van der Waals surface area contributed by atoms with E-state index in [0.717, 1.165) is 6.42 Å². The van der Waals surface area contributed by atoms with Crippen LogP contribution in [0.3, 0.4) is 0 Å². The van der Waals surface area contributed by atoms with Crippen molar-refractivity contribution < 1.29 is 23.7 Å². The second kappa shape index (κ2) is 7.28. The van der Waals surface area contributed by atoms with Gasteiger partial charge in [0.05, 0.1) is 6.10 Å². The number of rotatable bonds is 6. The van der Waals surface area contributed by atoms with Crippen LogP contribution in [0.1, 0.15) is 20.3 Å². The van der Waals surface area contributed by atoms with Gasteiger partial charge in [0.15, 0.2) is 6.29 Å². The summed E-state index contributed by atoms with van der Waals surface area (Å²) in [5, 5.41) is 0. The average Bonchev–Trinajstić information content (AvgIpc) is 2.35. The highest BCUT2D eigenvalue weighted by Gasteiger charge is 2.45. The predicted octanol–water partition coefficient (Wildman–Crippen LogP) is 1.20. The standard InChI is InChI=1S/C12H24O5/c1-6-7-16-10-9(13-3)8(2)17-12(15-5)11(10)14-4/h8-12H,6-7H2,1-5H3/t8-,9+,10+,11+,12+/m0/s1. The molecule has 0 aromatic carbocycles. The maximum Gasteiger partial charge on any atom is 0.186 e. The summed E-state index contributed by atoms with van der Waals surface area (Å²) in [5.41, 5.74) is 0. The number of hydrogen-bond donors (Lipinski definition) is 0. The largest absolute Gasteiger partial charge is 0.376 e. The van der Waals surface area contributed by atoms with Crippen LogP contribution in [-0.4, -0.2) is 58.6 Å². The van der Waals surface area contributed by atoms with Crippen LogP contribution in [0.5, 0.6) is 0 Å². The van der Waals surface area contributed by atoms with Gasteiger partial charge in [-0.3, -0.25) is 0 Å². The van der Waals surface area contributed by atoms with Gasteiger partial charge in [0.1, 0.15) is 18.3 Å². The molecule has 1 aliphatic rings. The molecule has 0 aromatic heterocycles. The zero-order valence-corrected chi connectivity index (χ0v) is 11.3. The molecule has 1 fully saturated rings. The van der Waals surface area contributed by atoms with E-state index in [-0.39, 0.29) is 24.4 Å². The van der Waals surface area contributed by atoms with Crippen molar-refractivity contribution in [2.45, 2.75) is 51.0 Å². The van der Waals surface area contributed by atoms with E-state index in [1.165, 1.54) is 0 Å². The third-order valence-corrected chi connectivity index (χ3v) is 3.02. The fourth-order valence-electron chi connectivity index (χ4n) is 2.18. The molecule has 1 rings (SSSR count).